The number of aliphatic hydroxyl groups is 1. The quantitative estimate of drug-likeness (QED) is 0.445. The van der Waals surface area contributed by atoms with E-state index in [9.17, 15) is 20.0 Å². The van der Waals surface area contributed by atoms with Crippen LogP contribution in [0.15, 0.2) is 11.6 Å². The molecule has 3 unspecified atom stereocenters. The van der Waals surface area contributed by atoms with E-state index in [4.69, 9.17) is 4.74 Å². The fourth-order valence-electron chi connectivity index (χ4n) is 10.7. The van der Waals surface area contributed by atoms with Gasteiger partial charge in [-0.3, -0.25) is 9.59 Å². The molecule has 4 saturated carbocycles. The Morgan fingerprint density at radius 3 is 2.41 bits per heavy atom. The van der Waals surface area contributed by atoms with Crippen LogP contribution in [0.4, 0.5) is 0 Å². The second-order valence-corrected chi connectivity index (χ2v) is 14.9. The first-order valence-electron chi connectivity index (χ1n) is 14.7. The van der Waals surface area contributed by atoms with E-state index in [0.29, 0.717) is 24.4 Å². The van der Waals surface area contributed by atoms with Gasteiger partial charge in [-0.1, -0.05) is 47.6 Å². The smallest absolute Gasteiger partial charge is 0.312 e. The van der Waals surface area contributed by atoms with Crippen molar-refractivity contribution in [3.63, 3.8) is 0 Å². The minimum atomic E-state index is -0.723. The average Bonchev–Trinajstić information content (AvgIpc) is 2.82. The highest BCUT2D eigenvalue weighted by Crippen LogP contribution is 2.75. The van der Waals surface area contributed by atoms with Crippen molar-refractivity contribution in [3.05, 3.63) is 11.6 Å². The molecule has 1 N–H and O–H groups in total. The number of fused-ring (bicyclic) bond motifs is 7. The maximum Gasteiger partial charge on any atom is 0.312 e. The standard InChI is InChI=1S/C32H47NO4/c1-8-37-27(36)32-13-11-28(3,4)17-22(32)25-23(34)15-24-29(5)16-20(18-33)26(35)19(2)21(29)9-10-30(24,6)31(25,7)12-14-32/h16,19,21-22,24-26,35H,8-15,17H2,1-7H3/t19-,21-,22?,24+,25?,26?,29-,30+,31+,32-/m0/s1. The zero-order valence-electron chi connectivity index (χ0n) is 24.0. The van der Waals surface area contributed by atoms with E-state index >= 15 is 0 Å². The highest BCUT2D eigenvalue weighted by Gasteiger charge is 2.72. The van der Waals surface area contributed by atoms with Gasteiger partial charge in [-0.15, -0.1) is 0 Å². The van der Waals surface area contributed by atoms with Gasteiger partial charge in [-0.2, -0.15) is 5.26 Å². The summed E-state index contributed by atoms with van der Waals surface area (Å²) >= 11 is 0. The third kappa shape index (κ3) is 3.43. The van der Waals surface area contributed by atoms with Crippen LogP contribution in [0.2, 0.25) is 0 Å². The van der Waals surface area contributed by atoms with E-state index in [0.717, 1.165) is 44.9 Å². The number of carbonyl (C=O) groups is 2. The molecule has 5 aliphatic carbocycles. The van der Waals surface area contributed by atoms with Gasteiger partial charge in [0.05, 0.1) is 29.8 Å². The number of hydrogen-bond acceptors (Lipinski definition) is 5. The lowest BCUT2D eigenvalue weighted by Crippen LogP contribution is -2.68. The second kappa shape index (κ2) is 8.41. The molecule has 5 aliphatic rings. The highest BCUT2D eigenvalue weighted by atomic mass is 16.5. The largest absolute Gasteiger partial charge is 0.466 e. The number of nitrogens with zero attached hydrogens (tertiary/aromatic N) is 1. The molecule has 204 valence electrons. The van der Waals surface area contributed by atoms with E-state index in [2.05, 4.69) is 53.7 Å². The Hall–Kier alpha value is -1.67. The van der Waals surface area contributed by atoms with Crippen LogP contribution in [-0.4, -0.2) is 29.6 Å². The number of Topliss-reactive ketones (excluding diaryl/α,β-unsaturated/α-hetero) is 1. The van der Waals surface area contributed by atoms with Gasteiger partial charge in [0.2, 0.25) is 0 Å². The monoisotopic (exact) mass is 509 g/mol. The first-order valence-corrected chi connectivity index (χ1v) is 14.7. The van der Waals surface area contributed by atoms with Gasteiger partial charge in [0.15, 0.2) is 0 Å². The van der Waals surface area contributed by atoms with Crippen molar-refractivity contribution >= 4 is 11.8 Å². The molecule has 0 aromatic carbocycles. The van der Waals surface area contributed by atoms with Crippen molar-refractivity contribution < 1.29 is 19.4 Å². The number of esters is 1. The van der Waals surface area contributed by atoms with E-state index in [1.807, 2.05) is 6.92 Å². The van der Waals surface area contributed by atoms with E-state index in [1.54, 1.807) is 0 Å². The van der Waals surface area contributed by atoms with Crippen molar-refractivity contribution in [2.75, 3.05) is 6.61 Å². The zero-order valence-corrected chi connectivity index (χ0v) is 24.0. The van der Waals surface area contributed by atoms with E-state index in [-0.39, 0.29) is 57.2 Å². The average molecular weight is 510 g/mol. The Morgan fingerprint density at radius 2 is 1.76 bits per heavy atom. The molecule has 0 heterocycles. The summed E-state index contributed by atoms with van der Waals surface area (Å²) in [6.07, 6.45) is 8.19. The molecule has 0 aliphatic heterocycles. The number of rotatable bonds is 2. The first kappa shape index (κ1) is 26.9. The Bertz CT molecular complexity index is 1070. The molecule has 5 heteroatoms. The van der Waals surface area contributed by atoms with Gasteiger partial charge < -0.3 is 9.84 Å². The number of ether oxygens (including phenoxy) is 1. The van der Waals surface area contributed by atoms with Crippen molar-refractivity contribution in [2.45, 2.75) is 106 Å². The fourth-order valence-corrected chi connectivity index (χ4v) is 10.7. The van der Waals surface area contributed by atoms with Gasteiger partial charge in [0.25, 0.3) is 0 Å². The summed E-state index contributed by atoms with van der Waals surface area (Å²) < 4.78 is 5.71. The number of nitriles is 1. The van der Waals surface area contributed by atoms with Crippen LogP contribution in [0.1, 0.15) is 99.8 Å². The van der Waals surface area contributed by atoms with E-state index in [1.165, 1.54) is 0 Å². The number of allylic oxidation sites excluding steroid dienone is 1. The van der Waals surface area contributed by atoms with Gasteiger partial charge >= 0.3 is 5.97 Å². The minimum absolute atomic E-state index is 0.00297. The topological polar surface area (TPSA) is 87.4 Å². The highest BCUT2D eigenvalue weighted by molar-refractivity contribution is 5.87. The number of carbonyl (C=O) groups excluding carboxylic acids is 2. The first-order chi connectivity index (χ1) is 17.2. The van der Waals surface area contributed by atoms with Crippen molar-refractivity contribution in [1.29, 1.82) is 5.26 Å². The fraction of sp³-hybridized carbons (Fsp3) is 0.844. The van der Waals surface area contributed by atoms with E-state index < -0.39 is 11.5 Å². The van der Waals surface area contributed by atoms with Crippen LogP contribution in [0.25, 0.3) is 0 Å². The SMILES string of the molecule is CCOC(=O)[C@]12CCC(C)(C)CC1C1C(=O)C[C@@H]3[C@@]4(C)C=C(C#N)C(O)[C@@H](C)[C@@H]4CC[C@@]3(C)[C@]1(C)CC2. The van der Waals surface area contributed by atoms with Gasteiger partial charge in [-0.05, 0) is 97.2 Å². The Balaban J connectivity index is 1.62. The minimum Gasteiger partial charge on any atom is -0.466 e. The predicted molar refractivity (Wildman–Crippen MR) is 142 cm³/mol. The Morgan fingerprint density at radius 1 is 1.08 bits per heavy atom. The van der Waals surface area contributed by atoms with Crippen molar-refractivity contribution in [1.82, 2.24) is 0 Å². The van der Waals surface area contributed by atoms with Gasteiger partial charge in [-0.25, -0.2) is 0 Å². The second-order valence-electron chi connectivity index (χ2n) is 14.9. The molecule has 4 fully saturated rings. The van der Waals surface area contributed by atoms with Gasteiger partial charge in [0.1, 0.15) is 5.78 Å². The molecule has 0 aromatic heterocycles. The van der Waals surface area contributed by atoms with Crippen LogP contribution in [-0.2, 0) is 14.3 Å². The summed E-state index contributed by atoms with van der Waals surface area (Å²) in [6.45, 7) is 16.0. The lowest BCUT2D eigenvalue weighted by atomic mass is 9.32. The van der Waals surface area contributed by atoms with Crippen molar-refractivity contribution in [2.24, 2.45) is 56.7 Å². The van der Waals surface area contributed by atoms with Crippen LogP contribution >= 0.6 is 0 Å². The third-order valence-corrected chi connectivity index (χ3v) is 13.0. The molecule has 0 aromatic rings. The molecule has 0 bridgehead atoms. The summed E-state index contributed by atoms with van der Waals surface area (Å²) in [4.78, 5) is 28.0. The molecule has 0 amide bonds. The molecule has 5 nitrogen and oxygen atoms in total. The molecule has 0 radical (unpaired) electrons. The Kier molecular flexibility index (Phi) is 6.12. The molecule has 0 saturated heterocycles. The molecule has 0 spiro atoms. The Labute approximate surface area is 223 Å². The number of aliphatic hydroxyl groups excluding tert-OH is 1. The number of hydrogen-bond donors (Lipinski definition) is 1. The van der Waals surface area contributed by atoms with Gasteiger partial charge in [0, 0.05) is 12.3 Å². The maximum atomic E-state index is 14.4. The van der Waals surface area contributed by atoms with Crippen LogP contribution in [0.3, 0.4) is 0 Å². The molecule has 5 rings (SSSR count). The normalized spacial score (nSPS) is 50.4. The molecule has 10 atom stereocenters. The lowest BCUT2D eigenvalue weighted by Gasteiger charge is -2.71. The molecule has 37 heavy (non-hydrogen) atoms. The predicted octanol–water partition coefficient (Wildman–Crippen LogP) is 6.25. The van der Waals surface area contributed by atoms with Crippen molar-refractivity contribution in [3.8, 4) is 6.07 Å². The molecular formula is C32H47NO4. The maximum absolute atomic E-state index is 14.4. The molecular weight excluding hydrogens is 462 g/mol. The van der Waals surface area contributed by atoms with Crippen LogP contribution in [0.5, 0.6) is 0 Å². The summed E-state index contributed by atoms with van der Waals surface area (Å²) in [5, 5.41) is 20.7. The third-order valence-electron chi connectivity index (χ3n) is 13.0. The zero-order chi connectivity index (χ0) is 27.2. The summed E-state index contributed by atoms with van der Waals surface area (Å²) in [5.74, 6) is 0.481. The number of ketones is 1. The van der Waals surface area contributed by atoms with Crippen LogP contribution in [0, 0.1) is 68.0 Å². The lowest BCUT2D eigenvalue weighted by molar-refractivity contribution is -0.226. The summed E-state index contributed by atoms with van der Waals surface area (Å²) in [6, 6.07) is 2.28. The summed E-state index contributed by atoms with van der Waals surface area (Å²) in [5.41, 5.74) is -0.587. The van der Waals surface area contributed by atoms with Crippen LogP contribution < -0.4 is 0 Å². The summed E-state index contributed by atoms with van der Waals surface area (Å²) in [7, 11) is 0.